The summed E-state index contributed by atoms with van der Waals surface area (Å²) in [6, 6.07) is 55.5. The average molecular weight is 1250 g/mol. The predicted molar refractivity (Wildman–Crippen MR) is 390 cm³/mol. The molecule has 0 saturated heterocycles. The maximum Gasteiger partial charge on any atom is 0.305 e. The van der Waals surface area contributed by atoms with E-state index >= 15 is 0 Å². The Morgan fingerprint density at radius 1 is 0.430 bits per heavy atom. The lowest BCUT2D eigenvalue weighted by Gasteiger charge is -2.22. The first-order valence-electron chi connectivity index (χ1n) is 32.5. The van der Waals surface area contributed by atoms with E-state index in [0.29, 0.717) is 50.1 Å². The van der Waals surface area contributed by atoms with Crippen molar-refractivity contribution in [3.63, 3.8) is 0 Å². The predicted octanol–water partition coefficient (Wildman–Crippen LogP) is 26.3. The summed E-state index contributed by atoms with van der Waals surface area (Å²) in [7, 11) is 1.38. The summed E-state index contributed by atoms with van der Waals surface area (Å²) in [4.78, 5) is 21.0. The van der Waals surface area contributed by atoms with Crippen LogP contribution >= 0.6 is 34.8 Å². The van der Waals surface area contributed by atoms with Crippen molar-refractivity contribution in [3.8, 4) is 0 Å². The number of aliphatic hydroxyl groups is 1. The van der Waals surface area contributed by atoms with E-state index in [2.05, 4.69) is 205 Å². The van der Waals surface area contributed by atoms with Crippen molar-refractivity contribution < 1.29 is 19.4 Å². The van der Waals surface area contributed by atoms with E-state index in [1.54, 1.807) is 13.0 Å². The van der Waals surface area contributed by atoms with E-state index in [9.17, 15) is 9.59 Å². The van der Waals surface area contributed by atoms with E-state index in [-0.39, 0.29) is 16.6 Å². The molecule has 7 heteroatoms. The van der Waals surface area contributed by atoms with E-state index in [4.69, 9.17) is 39.9 Å². The monoisotopic (exact) mass is 1240 g/mol. The molecular weight excluding hydrogens is 1120 g/mol. The van der Waals surface area contributed by atoms with Crippen LogP contribution < -0.4 is 0 Å². The summed E-state index contributed by atoms with van der Waals surface area (Å²) >= 11 is 17.9. The van der Waals surface area contributed by atoms with Gasteiger partial charge in [-0.25, -0.2) is 0 Å². The standard InChI is InChI=1S/C12H16O2.3C11H16.C10H12Cl2.C10H13Cl.C4H8O2.5C2H6/c1-3-9(2)10-5-4-6-11(7-10)12(14)8-13;3*1-4-11(2,3)10-8-6-5-7-9-10;1-3-7(2)8-4-5-9(11)10(12)6-8;1-3-10(2,11)9-7-5-4-6-8-9;1-3-4(5)6-2;5*1-2/h4-7,9,13H,3,8H2,1-2H3;3*5-9H,4H2,1-3H3;4-7H,3H2,1-2H3;4-8H,3H2,1-2H3;3H2,1-2H3;5*1-2H3. The van der Waals surface area contributed by atoms with Crippen LogP contribution in [0.2, 0.25) is 10.0 Å². The number of hydrogen-bond donors (Lipinski definition) is 1. The number of esters is 1. The van der Waals surface area contributed by atoms with E-state index in [1.807, 2.05) is 131 Å². The van der Waals surface area contributed by atoms with E-state index in [1.165, 1.54) is 54.2 Å². The molecule has 0 fully saturated rings. The van der Waals surface area contributed by atoms with E-state index < -0.39 is 6.61 Å². The van der Waals surface area contributed by atoms with Gasteiger partial charge in [0.25, 0.3) is 0 Å². The number of benzene rings is 6. The molecule has 0 aliphatic heterocycles. The quantitative estimate of drug-likeness (QED) is 0.0632. The molecule has 0 aliphatic rings. The van der Waals surface area contributed by atoms with Gasteiger partial charge in [0, 0.05) is 12.0 Å². The SMILES string of the molecule is CC.CC.CC.CC.CC.CCC(=O)OC.CCC(C)(C)c1ccccc1.CCC(C)(C)c1ccccc1.CCC(C)(C)c1ccccc1.CCC(C)(Cl)c1ccccc1.CCC(C)c1ccc(Cl)c(Cl)c1.CCC(C)c1cccc(C(=O)CO)c1. The number of Topliss-reactive ketones (excluding diaryl/α,β-unsaturated/α-hetero) is 1. The molecule has 1 N–H and O–H groups in total. The normalized spacial score (nSPS) is 11.2. The third-order valence-electron chi connectivity index (χ3n) is 14.5. The Bertz CT molecular complexity index is 2220. The topological polar surface area (TPSA) is 63.6 Å². The zero-order valence-electron chi connectivity index (χ0n) is 59.7. The third-order valence-corrected chi connectivity index (χ3v) is 15.8. The number of carbonyl (C=O) groups is 2. The van der Waals surface area contributed by atoms with Crippen molar-refractivity contribution in [2.24, 2.45) is 0 Å². The molecule has 0 heterocycles. The summed E-state index contributed by atoms with van der Waals surface area (Å²) in [6.07, 6.45) is 7.18. The van der Waals surface area contributed by atoms with Gasteiger partial charge in [-0.1, -0.05) is 342 Å². The smallest absolute Gasteiger partial charge is 0.305 e. The van der Waals surface area contributed by atoms with Crippen molar-refractivity contribution in [1.29, 1.82) is 0 Å². The highest BCUT2D eigenvalue weighted by Crippen LogP contribution is 2.32. The molecule has 6 rings (SSSR count). The zero-order valence-corrected chi connectivity index (χ0v) is 62.0. The molecule has 3 unspecified atom stereocenters. The number of ketones is 1. The van der Waals surface area contributed by atoms with Gasteiger partial charge in [0.1, 0.15) is 6.61 Å². The van der Waals surface area contributed by atoms with Gasteiger partial charge < -0.3 is 9.84 Å². The number of carbonyl (C=O) groups excluding carboxylic acids is 2. The molecule has 0 aromatic heterocycles. The second-order valence-corrected chi connectivity index (χ2v) is 22.8. The van der Waals surface area contributed by atoms with Crippen LogP contribution in [0.25, 0.3) is 0 Å². The first kappa shape index (κ1) is 92.4. The Kier molecular flexibility index (Phi) is 61.0. The Balaban J connectivity index is -0.000000213. The molecule has 3 atom stereocenters. The first-order valence-corrected chi connectivity index (χ1v) is 33.6. The maximum absolute atomic E-state index is 11.2. The number of rotatable bonds is 15. The van der Waals surface area contributed by atoms with Gasteiger partial charge in [0.15, 0.2) is 5.78 Å². The molecule has 0 radical (unpaired) electrons. The molecule has 86 heavy (non-hydrogen) atoms. The van der Waals surface area contributed by atoms with Crippen LogP contribution in [0.1, 0.15) is 281 Å². The summed E-state index contributed by atoms with van der Waals surface area (Å²) in [6.45, 7) is 54.4. The lowest BCUT2D eigenvalue weighted by molar-refractivity contribution is -0.140. The van der Waals surface area contributed by atoms with Crippen molar-refractivity contribution in [2.45, 2.75) is 258 Å². The second-order valence-electron chi connectivity index (χ2n) is 21.2. The molecule has 0 aliphatic carbocycles. The van der Waals surface area contributed by atoms with Crippen molar-refractivity contribution >= 4 is 46.6 Å². The van der Waals surface area contributed by atoms with Gasteiger partial charge in [0.05, 0.1) is 22.0 Å². The van der Waals surface area contributed by atoms with Crippen molar-refractivity contribution in [1.82, 2.24) is 0 Å². The number of alkyl halides is 1. The summed E-state index contributed by atoms with van der Waals surface area (Å²) in [5.74, 6) is 0.645. The molecule has 0 amide bonds. The van der Waals surface area contributed by atoms with Gasteiger partial charge in [-0.3, -0.25) is 9.59 Å². The Morgan fingerprint density at radius 3 is 0.988 bits per heavy atom. The highest BCUT2D eigenvalue weighted by atomic mass is 35.5. The average Bonchev–Trinajstić information content (AvgIpc) is 3.79. The molecule has 6 aromatic carbocycles. The Labute approximate surface area is 547 Å². The number of ether oxygens (including phenoxy) is 1. The minimum Gasteiger partial charge on any atom is -0.469 e. The lowest BCUT2D eigenvalue weighted by Crippen LogP contribution is -2.14. The fourth-order valence-corrected chi connectivity index (χ4v) is 7.25. The number of halogens is 3. The second kappa shape index (κ2) is 56.8. The highest BCUT2D eigenvalue weighted by Gasteiger charge is 2.20. The highest BCUT2D eigenvalue weighted by molar-refractivity contribution is 6.42. The number of hydrogen-bond acceptors (Lipinski definition) is 4. The minimum absolute atomic E-state index is 0.157. The van der Waals surface area contributed by atoms with Crippen LogP contribution in [0.15, 0.2) is 164 Å². The largest absolute Gasteiger partial charge is 0.469 e. The molecular formula is C79H127Cl3O4. The minimum atomic E-state index is -0.413. The summed E-state index contributed by atoms with van der Waals surface area (Å²) in [5.41, 5.74) is 9.52. The van der Waals surface area contributed by atoms with Crippen LogP contribution in [-0.4, -0.2) is 30.6 Å². The molecule has 0 saturated carbocycles. The fraction of sp³-hybridized carbons (Fsp3) is 0.519. The third kappa shape index (κ3) is 41.4. The van der Waals surface area contributed by atoms with Gasteiger partial charge in [-0.15, -0.1) is 11.6 Å². The molecule has 4 nitrogen and oxygen atoms in total. The Morgan fingerprint density at radius 2 is 0.744 bits per heavy atom. The number of methoxy groups -OCH3 is 1. The van der Waals surface area contributed by atoms with Crippen LogP contribution in [0, 0.1) is 0 Å². The van der Waals surface area contributed by atoms with Gasteiger partial charge in [-0.05, 0) is 125 Å². The van der Waals surface area contributed by atoms with Crippen LogP contribution in [0.5, 0.6) is 0 Å². The lowest BCUT2D eigenvalue weighted by atomic mass is 9.82. The van der Waals surface area contributed by atoms with Crippen LogP contribution in [-0.2, 0) is 30.7 Å². The molecule has 0 bridgehead atoms. The van der Waals surface area contributed by atoms with E-state index in [0.717, 1.165) is 24.8 Å². The molecule has 6 aromatic rings. The first-order chi connectivity index (χ1) is 40.8. The van der Waals surface area contributed by atoms with Crippen molar-refractivity contribution in [2.75, 3.05) is 13.7 Å². The van der Waals surface area contributed by atoms with Gasteiger partial charge >= 0.3 is 5.97 Å². The number of aliphatic hydroxyl groups excluding tert-OH is 1. The summed E-state index contributed by atoms with van der Waals surface area (Å²) in [5, 5.41) is 10.0. The van der Waals surface area contributed by atoms with Gasteiger partial charge in [0.2, 0.25) is 0 Å². The molecule has 0 spiro atoms. The zero-order chi connectivity index (χ0) is 68.0. The Hall–Kier alpha value is -4.71. The van der Waals surface area contributed by atoms with Gasteiger partial charge in [-0.2, -0.15) is 0 Å². The summed E-state index contributed by atoms with van der Waals surface area (Å²) < 4.78 is 4.26. The fourth-order valence-electron chi connectivity index (χ4n) is 6.81. The van der Waals surface area contributed by atoms with Crippen LogP contribution in [0.4, 0.5) is 0 Å². The maximum atomic E-state index is 11.2. The molecule has 488 valence electrons. The van der Waals surface area contributed by atoms with Crippen LogP contribution in [0.3, 0.4) is 0 Å². The van der Waals surface area contributed by atoms with Crippen molar-refractivity contribution in [3.05, 3.63) is 213 Å².